The normalized spacial score (nSPS) is 12.8. The van der Waals surface area contributed by atoms with Crippen molar-refractivity contribution in [1.29, 1.82) is 0 Å². The minimum atomic E-state index is -4.73. The Labute approximate surface area is 204 Å². The first kappa shape index (κ1) is 31.3. The van der Waals surface area contributed by atoms with E-state index in [0.717, 1.165) is 4.90 Å². The van der Waals surface area contributed by atoms with E-state index >= 15 is 0 Å². The van der Waals surface area contributed by atoms with Crippen LogP contribution in [-0.2, 0) is 25.4 Å². The molecule has 0 fully saturated rings. The molecule has 0 bridgehead atoms. The first-order chi connectivity index (χ1) is 16.8. The summed E-state index contributed by atoms with van der Waals surface area (Å²) in [4.78, 5) is 24.1. The number of carbonyl (C=O) groups excluding carboxylic acids is 1. The molecule has 0 aliphatic heterocycles. The molecule has 1 atom stereocenters. The standard InChI is InChI=1S/C22H29F6NO7/c1-2-34-18(19(30)31)14-16-4-6-17(7-5-16)35-13-10-29(20(32)36-15-22(26,27)28)9-12-33-11-3-8-21(23,24)25/h4-7,18H,2-3,8-15H2,1H3,(H,30,31). The third-order valence-corrected chi connectivity index (χ3v) is 4.49. The summed E-state index contributed by atoms with van der Waals surface area (Å²) < 4.78 is 93.4. The second kappa shape index (κ2) is 15.4. The molecule has 0 saturated carbocycles. The van der Waals surface area contributed by atoms with E-state index in [1.165, 1.54) is 0 Å². The third kappa shape index (κ3) is 14.6. The number of carboxylic acid groups (broad SMARTS) is 1. The van der Waals surface area contributed by atoms with Gasteiger partial charge in [0, 0.05) is 32.6 Å². The fourth-order valence-electron chi connectivity index (χ4n) is 2.81. The van der Waals surface area contributed by atoms with Gasteiger partial charge in [0.2, 0.25) is 0 Å². The Morgan fingerprint density at radius 1 is 0.972 bits per heavy atom. The summed E-state index contributed by atoms with van der Waals surface area (Å²) in [7, 11) is 0. The lowest BCUT2D eigenvalue weighted by Gasteiger charge is -2.22. The van der Waals surface area contributed by atoms with Crippen molar-refractivity contribution in [2.45, 2.75) is 44.6 Å². The van der Waals surface area contributed by atoms with Crippen LogP contribution < -0.4 is 4.74 Å². The van der Waals surface area contributed by atoms with Crippen LogP contribution in [0.3, 0.4) is 0 Å². The van der Waals surface area contributed by atoms with Crippen LogP contribution in [0.5, 0.6) is 5.75 Å². The highest BCUT2D eigenvalue weighted by atomic mass is 19.4. The average molecular weight is 533 g/mol. The topological polar surface area (TPSA) is 94.5 Å². The first-order valence-electron chi connectivity index (χ1n) is 11.0. The van der Waals surface area contributed by atoms with Crippen molar-refractivity contribution in [3.05, 3.63) is 29.8 Å². The third-order valence-electron chi connectivity index (χ3n) is 4.49. The van der Waals surface area contributed by atoms with E-state index in [1.54, 1.807) is 31.2 Å². The molecule has 0 saturated heterocycles. The molecule has 0 radical (unpaired) electrons. The molecule has 1 N–H and O–H groups in total. The van der Waals surface area contributed by atoms with E-state index in [-0.39, 0.29) is 52.4 Å². The van der Waals surface area contributed by atoms with Gasteiger partial charge in [-0.2, -0.15) is 26.3 Å². The number of carboxylic acids is 1. The Morgan fingerprint density at radius 2 is 1.61 bits per heavy atom. The fraction of sp³-hybridized carbons (Fsp3) is 0.636. The molecule has 14 heteroatoms. The number of carbonyl (C=O) groups is 2. The maximum absolute atomic E-state index is 12.4. The number of hydrogen-bond donors (Lipinski definition) is 1. The Kier molecular flexibility index (Phi) is 13.4. The van der Waals surface area contributed by atoms with Crippen LogP contribution in [0.2, 0.25) is 0 Å². The molecule has 0 heterocycles. The summed E-state index contributed by atoms with van der Waals surface area (Å²) in [6.07, 6.45) is -12.5. The Bertz CT molecular complexity index is 787. The summed E-state index contributed by atoms with van der Waals surface area (Å²) in [6, 6.07) is 6.34. The van der Waals surface area contributed by atoms with E-state index in [4.69, 9.17) is 19.3 Å². The van der Waals surface area contributed by atoms with Gasteiger partial charge in [0.15, 0.2) is 12.7 Å². The maximum atomic E-state index is 12.4. The predicted molar refractivity (Wildman–Crippen MR) is 114 cm³/mol. The lowest BCUT2D eigenvalue weighted by atomic mass is 10.1. The SMILES string of the molecule is CCOC(Cc1ccc(OCCN(CCOCCCC(F)(F)F)C(=O)OCC(F)(F)F)cc1)C(=O)O. The first-order valence-corrected chi connectivity index (χ1v) is 11.0. The quantitative estimate of drug-likeness (QED) is 0.248. The average Bonchev–Trinajstić information content (AvgIpc) is 2.78. The number of amides is 1. The summed E-state index contributed by atoms with van der Waals surface area (Å²) in [5.41, 5.74) is 0.670. The minimum Gasteiger partial charge on any atom is -0.492 e. The molecule has 1 unspecified atom stereocenters. The zero-order chi connectivity index (χ0) is 27.2. The van der Waals surface area contributed by atoms with E-state index in [2.05, 4.69) is 4.74 Å². The largest absolute Gasteiger partial charge is 0.492 e. The molecule has 0 aliphatic carbocycles. The van der Waals surface area contributed by atoms with Crippen LogP contribution in [-0.4, -0.2) is 86.6 Å². The number of hydrogen-bond acceptors (Lipinski definition) is 6. The predicted octanol–water partition coefficient (Wildman–Crippen LogP) is 4.46. The Hall–Kier alpha value is -2.74. The second-order valence-electron chi connectivity index (χ2n) is 7.47. The van der Waals surface area contributed by atoms with E-state index in [1.807, 2.05) is 0 Å². The van der Waals surface area contributed by atoms with Crippen molar-refractivity contribution < 1.29 is 60.0 Å². The maximum Gasteiger partial charge on any atom is 0.422 e. The molecule has 0 aliphatic rings. The monoisotopic (exact) mass is 533 g/mol. The zero-order valence-electron chi connectivity index (χ0n) is 19.6. The summed E-state index contributed by atoms with van der Waals surface area (Å²) in [6.45, 7) is -0.873. The second-order valence-corrected chi connectivity index (χ2v) is 7.47. The molecule has 1 aromatic carbocycles. The van der Waals surface area contributed by atoms with E-state index in [0.29, 0.717) is 11.3 Å². The Morgan fingerprint density at radius 3 is 2.17 bits per heavy atom. The highest BCUT2D eigenvalue weighted by Crippen LogP contribution is 2.21. The van der Waals surface area contributed by atoms with Crippen LogP contribution in [0.25, 0.3) is 0 Å². The van der Waals surface area contributed by atoms with Gasteiger partial charge in [-0.1, -0.05) is 12.1 Å². The number of benzene rings is 1. The zero-order valence-corrected chi connectivity index (χ0v) is 19.6. The van der Waals surface area contributed by atoms with Crippen LogP contribution in [0.1, 0.15) is 25.3 Å². The van der Waals surface area contributed by atoms with E-state index in [9.17, 15) is 35.9 Å². The fourth-order valence-corrected chi connectivity index (χ4v) is 2.81. The molecule has 36 heavy (non-hydrogen) atoms. The molecular weight excluding hydrogens is 504 g/mol. The molecule has 1 amide bonds. The summed E-state index contributed by atoms with van der Waals surface area (Å²) >= 11 is 0. The smallest absolute Gasteiger partial charge is 0.422 e. The number of ether oxygens (including phenoxy) is 4. The van der Waals surface area contributed by atoms with Crippen molar-refractivity contribution in [3.8, 4) is 5.75 Å². The van der Waals surface area contributed by atoms with Crippen LogP contribution in [0, 0.1) is 0 Å². The van der Waals surface area contributed by atoms with Gasteiger partial charge in [-0.05, 0) is 31.0 Å². The molecule has 206 valence electrons. The van der Waals surface area contributed by atoms with Crippen LogP contribution >= 0.6 is 0 Å². The van der Waals surface area contributed by atoms with Crippen molar-refractivity contribution in [3.63, 3.8) is 0 Å². The number of rotatable bonds is 16. The van der Waals surface area contributed by atoms with E-state index < -0.39 is 43.5 Å². The minimum absolute atomic E-state index is 0.130. The van der Waals surface area contributed by atoms with Gasteiger partial charge in [0.05, 0.1) is 13.2 Å². The van der Waals surface area contributed by atoms with Crippen molar-refractivity contribution in [2.24, 2.45) is 0 Å². The molecule has 1 rings (SSSR count). The lowest BCUT2D eigenvalue weighted by molar-refractivity contribution is -0.162. The van der Waals surface area contributed by atoms with Crippen LogP contribution in [0.15, 0.2) is 24.3 Å². The molecular formula is C22H29F6NO7. The van der Waals surface area contributed by atoms with Crippen molar-refractivity contribution >= 4 is 12.1 Å². The highest BCUT2D eigenvalue weighted by molar-refractivity contribution is 5.72. The molecule has 0 aromatic heterocycles. The van der Waals surface area contributed by atoms with Gasteiger partial charge in [-0.25, -0.2) is 9.59 Å². The number of aliphatic carboxylic acids is 1. The Balaban J connectivity index is 2.57. The van der Waals surface area contributed by atoms with Gasteiger partial charge in [0.25, 0.3) is 0 Å². The number of alkyl halides is 6. The van der Waals surface area contributed by atoms with Gasteiger partial charge in [-0.3, -0.25) is 0 Å². The highest BCUT2D eigenvalue weighted by Gasteiger charge is 2.31. The lowest BCUT2D eigenvalue weighted by Crippen LogP contribution is -2.39. The summed E-state index contributed by atoms with van der Waals surface area (Å²) in [5.74, 6) is -0.743. The number of nitrogens with zero attached hydrogens (tertiary/aromatic N) is 1. The summed E-state index contributed by atoms with van der Waals surface area (Å²) in [5, 5.41) is 9.14. The molecule has 8 nitrogen and oxygen atoms in total. The van der Waals surface area contributed by atoms with Crippen LogP contribution in [0.4, 0.5) is 31.1 Å². The van der Waals surface area contributed by atoms with Gasteiger partial charge in [-0.15, -0.1) is 0 Å². The van der Waals surface area contributed by atoms with Crippen molar-refractivity contribution in [1.82, 2.24) is 4.90 Å². The van der Waals surface area contributed by atoms with Gasteiger partial charge >= 0.3 is 24.4 Å². The number of halogens is 6. The van der Waals surface area contributed by atoms with Crippen molar-refractivity contribution in [2.75, 3.05) is 46.1 Å². The molecule has 0 spiro atoms. The van der Waals surface area contributed by atoms with Gasteiger partial charge < -0.3 is 29.0 Å². The molecule has 1 aromatic rings. The van der Waals surface area contributed by atoms with Gasteiger partial charge in [0.1, 0.15) is 12.4 Å².